The smallest absolute Gasteiger partial charge is 0.141 e. The van der Waals surface area contributed by atoms with Crippen molar-refractivity contribution in [2.24, 2.45) is 5.84 Å². The van der Waals surface area contributed by atoms with Crippen LogP contribution in [0, 0.1) is 25.2 Å². The number of hydrogen-bond acceptors (Lipinski definition) is 3. The van der Waals surface area contributed by atoms with E-state index < -0.39 is 5.54 Å². The van der Waals surface area contributed by atoms with E-state index in [1.807, 2.05) is 32.0 Å². The lowest BCUT2D eigenvalue weighted by molar-refractivity contribution is 0.482. The van der Waals surface area contributed by atoms with Crippen LogP contribution in [-0.4, -0.2) is 0 Å². The van der Waals surface area contributed by atoms with Crippen LogP contribution in [0.3, 0.4) is 0 Å². The Labute approximate surface area is 84.5 Å². The highest BCUT2D eigenvalue weighted by molar-refractivity contribution is 5.37. The first-order chi connectivity index (χ1) is 6.53. The summed E-state index contributed by atoms with van der Waals surface area (Å²) in [6.07, 6.45) is 0. The summed E-state index contributed by atoms with van der Waals surface area (Å²) in [5.41, 5.74) is 5.00. The van der Waals surface area contributed by atoms with Crippen molar-refractivity contribution in [3.8, 4) is 6.07 Å². The van der Waals surface area contributed by atoms with Gasteiger partial charge in [0.15, 0.2) is 0 Å². The lowest BCUT2D eigenvalue weighted by Gasteiger charge is -2.21. The van der Waals surface area contributed by atoms with Crippen LogP contribution in [0.4, 0.5) is 0 Å². The predicted octanol–water partition coefficient (Wildman–Crippen LogP) is 1.51. The van der Waals surface area contributed by atoms with E-state index in [0.717, 1.165) is 5.56 Å². The molecule has 0 spiro atoms. The zero-order valence-corrected chi connectivity index (χ0v) is 8.76. The molecule has 0 aliphatic heterocycles. The molecule has 0 aliphatic carbocycles. The van der Waals surface area contributed by atoms with Gasteiger partial charge in [0.2, 0.25) is 0 Å². The van der Waals surface area contributed by atoms with Crippen molar-refractivity contribution in [3.63, 3.8) is 0 Å². The second-order valence-electron chi connectivity index (χ2n) is 3.68. The summed E-state index contributed by atoms with van der Waals surface area (Å²) in [6, 6.07) is 8.06. The highest BCUT2D eigenvalue weighted by Crippen LogP contribution is 2.21. The Kier molecular flexibility index (Phi) is 2.90. The first-order valence-corrected chi connectivity index (χ1v) is 4.50. The van der Waals surface area contributed by atoms with E-state index in [9.17, 15) is 0 Å². The average Bonchev–Trinajstić information content (AvgIpc) is 2.21. The number of rotatable bonds is 2. The molecular formula is C11H15N3. The number of hydrogen-bond donors (Lipinski definition) is 2. The van der Waals surface area contributed by atoms with E-state index in [4.69, 9.17) is 11.1 Å². The van der Waals surface area contributed by atoms with Gasteiger partial charge < -0.3 is 0 Å². The van der Waals surface area contributed by atoms with Gasteiger partial charge >= 0.3 is 0 Å². The third-order valence-electron chi connectivity index (χ3n) is 2.60. The monoisotopic (exact) mass is 189 g/mol. The van der Waals surface area contributed by atoms with Crippen LogP contribution in [0.2, 0.25) is 0 Å². The lowest BCUT2D eigenvalue weighted by Crippen LogP contribution is -2.43. The lowest BCUT2D eigenvalue weighted by atomic mass is 9.92. The van der Waals surface area contributed by atoms with E-state index in [2.05, 4.69) is 11.5 Å². The Hall–Kier alpha value is -1.37. The molecule has 0 amide bonds. The minimum Gasteiger partial charge on any atom is -0.270 e. The molecule has 1 atom stereocenters. The highest BCUT2D eigenvalue weighted by Gasteiger charge is 2.24. The zero-order chi connectivity index (χ0) is 10.8. The molecule has 1 rings (SSSR count). The number of aryl methyl sites for hydroxylation is 2. The maximum Gasteiger partial charge on any atom is 0.141 e. The molecule has 1 unspecified atom stereocenters. The predicted molar refractivity (Wildman–Crippen MR) is 56.2 cm³/mol. The third-order valence-corrected chi connectivity index (χ3v) is 2.60. The Bertz CT molecular complexity index is 379. The van der Waals surface area contributed by atoms with Gasteiger partial charge in [0, 0.05) is 0 Å². The minimum absolute atomic E-state index is 0.807. The quantitative estimate of drug-likeness (QED) is 0.547. The Morgan fingerprint density at radius 2 is 2.00 bits per heavy atom. The summed E-state index contributed by atoms with van der Waals surface area (Å²) in [6.45, 7) is 5.82. The van der Waals surface area contributed by atoms with Gasteiger partial charge in [-0.3, -0.25) is 5.84 Å². The number of benzene rings is 1. The number of hydrazine groups is 1. The summed E-state index contributed by atoms with van der Waals surface area (Å²) >= 11 is 0. The Balaban J connectivity index is 3.21. The highest BCUT2D eigenvalue weighted by atomic mass is 15.3. The van der Waals surface area contributed by atoms with Crippen molar-refractivity contribution < 1.29 is 0 Å². The van der Waals surface area contributed by atoms with E-state index >= 15 is 0 Å². The van der Waals surface area contributed by atoms with Gasteiger partial charge in [-0.25, -0.2) is 5.43 Å². The molecular weight excluding hydrogens is 174 g/mol. The molecule has 74 valence electrons. The van der Waals surface area contributed by atoms with Gasteiger partial charge in [0.05, 0.1) is 6.07 Å². The van der Waals surface area contributed by atoms with Gasteiger partial charge in [-0.1, -0.05) is 18.2 Å². The molecule has 3 nitrogen and oxygen atoms in total. The van der Waals surface area contributed by atoms with Crippen molar-refractivity contribution in [2.75, 3.05) is 0 Å². The van der Waals surface area contributed by atoms with E-state index in [-0.39, 0.29) is 0 Å². The third kappa shape index (κ3) is 1.77. The molecule has 3 heteroatoms. The van der Waals surface area contributed by atoms with Crippen LogP contribution in [0.15, 0.2) is 18.2 Å². The largest absolute Gasteiger partial charge is 0.270 e. The van der Waals surface area contributed by atoms with E-state index in [1.165, 1.54) is 11.1 Å². The normalized spacial score (nSPS) is 14.5. The molecule has 3 N–H and O–H groups in total. The van der Waals surface area contributed by atoms with Gasteiger partial charge in [0.1, 0.15) is 5.54 Å². The van der Waals surface area contributed by atoms with Crippen molar-refractivity contribution in [3.05, 3.63) is 34.9 Å². The van der Waals surface area contributed by atoms with Crippen LogP contribution in [-0.2, 0) is 5.54 Å². The van der Waals surface area contributed by atoms with Crippen molar-refractivity contribution in [1.29, 1.82) is 5.26 Å². The fourth-order valence-electron chi connectivity index (χ4n) is 1.23. The fraction of sp³-hybridized carbons (Fsp3) is 0.364. The number of nitrogens with zero attached hydrogens (tertiary/aromatic N) is 1. The SMILES string of the molecule is Cc1ccc(C(C)(C#N)NN)cc1C. The standard InChI is InChI=1S/C11H15N3/c1-8-4-5-10(6-9(8)2)11(3,7-12)14-13/h4-6,14H,13H2,1-3H3. The van der Waals surface area contributed by atoms with E-state index in [1.54, 1.807) is 6.92 Å². The first kappa shape index (κ1) is 10.7. The van der Waals surface area contributed by atoms with Crippen LogP contribution in [0.1, 0.15) is 23.6 Å². The number of nitrogens with one attached hydrogen (secondary N) is 1. The molecule has 0 saturated heterocycles. The number of nitriles is 1. The molecule has 0 radical (unpaired) electrons. The maximum absolute atomic E-state index is 9.01. The molecule has 1 aromatic carbocycles. The van der Waals surface area contributed by atoms with Crippen molar-refractivity contribution in [2.45, 2.75) is 26.3 Å². The fourth-order valence-corrected chi connectivity index (χ4v) is 1.23. The second kappa shape index (κ2) is 3.79. The summed E-state index contributed by atoms with van der Waals surface area (Å²) in [7, 11) is 0. The van der Waals surface area contributed by atoms with Crippen LogP contribution in [0.25, 0.3) is 0 Å². The minimum atomic E-state index is -0.807. The second-order valence-corrected chi connectivity index (χ2v) is 3.68. The molecule has 0 aliphatic rings. The summed E-state index contributed by atoms with van der Waals surface area (Å²) in [4.78, 5) is 0. The summed E-state index contributed by atoms with van der Waals surface area (Å²) < 4.78 is 0. The Morgan fingerprint density at radius 1 is 1.36 bits per heavy atom. The maximum atomic E-state index is 9.01. The molecule has 0 aromatic heterocycles. The molecule has 0 heterocycles. The van der Waals surface area contributed by atoms with Crippen molar-refractivity contribution in [1.82, 2.24) is 5.43 Å². The molecule has 14 heavy (non-hydrogen) atoms. The Morgan fingerprint density at radius 3 is 2.43 bits per heavy atom. The molecule has 0 bridgehead atoms. The summed E-state index contributed by atoms with van der Waals surface area (Å²) in [5, 5.41) is 9.01. The average molecular weight is 189 g/mol. The zero-order valence-electron chi connectivity index (χ0n) is 8.76. The van der Waals surface area contributed by atoms with Crippen LogP contribution >= 0.6 is 0 Å². The van der Waals surface area contributed by atoms with Crippen LogP contribution in [0.5, 0.6) is 0 Å². The van der Waals surface area contributed by atoms with Crippen LogP contribution < -0.4 is 11.3 Å². The molecule has 1 aromatic rings. The first-order valence-electron chi connectivity index (χ1n) is 4.50. The van der Waals surface area contributed by atoms with Crippen molar-refractivity contribution >= 4 is 0 Å². The number of nitrogens with two attached hydrogens (primary N) is 1. The van der Waals surface area contributed by atoms with Gasteiger partial charge in [-0.2, -0.15) is 5.26 Å². The van der Waals surface area contributed by atoms with Gasteiger partial charge in [-0.05, 0) is 37.5 Å². The molecule has 0 fully saturated rings. The van der Waals surface area contributed by atoms with Gasteiger partial charge in [-0.15, -0.1) is 0 Å². The molecule has 0 saturated carbocycles. The topological polar surface area (TPSA) is 61.8 Å². The van der Waals surface area contributed by atoms with Gasteiger partial charge in [0.25, 0.3) is 0 Å². The van der Waals surface area contributed by atoms with E-state index in [0.29, 0.717) is 0 Å². The summed E-state index contributed by atoms with van der Waals surface area (Å²) in [5.74, 6) is 5.37.